The van der Waals surface area contributed by atoms with Crippen LogP contribution < -0.4 is 10.6 Å². The molecule has 2 N–H and O–H groups in total. The van der Waals surface area contributed by atoms with Crippen LogP contribution in [-0.2, 0) is 14.9 Å². The van der Waals surface area contributed by atoms with Gasteiger partial charge in [0.25, 0.3) is 0 Å². The van der Waals surface area contributed by atoms with Crippen molar-refractivity contribution in [2.75, 3.05) is 26.3 Å². The van der Waals surface area contributed by atoms with Gasteiger partial charge in [-0.1, -0.05) is 37.3 Å². The lowest BCUT2D eigenvalue weighted by Crippen LogP contribution is -2.50. The molecule has 1 atom stereocenters. The van der Waals surface area contributed by atoms with Gasteiger partial charge in [0, 0.05) is 25.8 Å². The van der Waals surface area contributed by atoms with Crippen molar-refractivity contribution < 1.29 is 9.53 Å². The van der Waals surface area contributed by atoms with Crippen molar-refractivity contribution in [3.05, 3.63) is 35.9 Å². The number of likely N-dealkylation sites (N-methyl/N-ethyl adjacent to an activating group) is 1. The highest BCUT2D eigenvalue weighted by Gasteiger charge is 2.41. The summed E-state index contributed by atoms with van der Waals surface area (Å²) >= 11 is 0. The molecule has 1 aromatic carbocycles. The molecule has 1 aliphatic heterocycles. The Kier molecular flexibility index (Phi) is 5.76. The Labute approximate surface area is 127 Å². The lowest BCUT2D eigenvalue weighted by molar-refractivity contribution is -0.130. The second-order valence-electron chi connectivity index (χ2n) is 5.73. The summed E-state index contributed by atoms with van der Waals surface area (Å²) in [5.74, 6) is 0.127. The lowest BCUT2D eigenvalue weighted by atomic mass is 9.73. The Morgan fingerprint density at radius 1 is 1.29 bits per heavy atom. The van der Waals surface area contributed by atoms with Crippen LogP contribution in [0.2, 0.25) is 0 Å². The minimum absolute atomic E-state index is 0.127. The molecule has 0 unspecified atom stereocenters. The average molecular weight is 290 g/mol. The maximum atomic E-state index is 12.8. The molecule has 0 spiro atoms. The molecule has 116 valence electrons. The second kappa shape index (κ2) is 7.57. The topological polar surface area (TPSA) is 50.4 Å². The summed E-state index contributed by atoms with van der Waals surface area (Å²) in [4.78, 5) is 12.8. The van der Waals surface area contributed by atoms with Gasteiger partial charge in [-0.15, -0.1) is 0 Å². The molecule has 1 aromatic rings. The molecule has 1 aliphatic rings. The van der Waals surface area contributed by atoms with Gasteiger partial charge in [0.1, 0.15) is 0 Å². The van der Waals surface area contributed by atoms with Crippen molar-refractivity contribution in [2.24, 2.45) is 0 Å². The normalized spacial score (nSPS) is 19.0. The molecule has 0 aromatic heterocycles. The van der Waals surface area contributed by atoms with Gasteiger partial charge in [-0.05, 0) is 31.9 Å². The lowest BCUT2D eigenvalue weighted by Gasteiger charge is -2.36. The summed E-state index contributed by atoms with van der Waals surface area (Å²) in [7, 11) is 0. The third kappa shape index (κ3) is 3.83. The molecule has 4 heteroatoms. The van der Waals surface area contributed by atoms with Crippen molar-refractivity contribution in [1.82, 2.24) is 10.6 Å². The zero-order valence-electron chi connectivity index (χ0n) is 13.0. The molecule has 0 radical (unpaired) electrons. The van der Waals surface area contributed by atoms with Crippen molar-refractivity contribution in [3.8, 4) is 0 Å². The molecule has 2 rings (SSSR count). The molecule has 1 amide bonds. The summed E-state index contributed by atoms with van der Waals surface area (Å²) in [5, 5.41) is 6.44. The zero-order chi connectivity index (χ0) is 15.1. The predicted octanol–water partition coefficient (Wildman–Crippen LogP) is 1.85. The van der Waals surface area contributed by atoms with Gasteiger partial charge in [-0.3, -0.25) is 4.79 Å². The van der Waals surface area contributed by atoms with E-state index < -0.39 is 5.41 Å². The average Bonchev–Trinajstić information content (AvgIpc) is 2.54. The minimum atomic E-state index is -0.439. The molecule has 4 nitrogen and oxygen atoms in total. The molecule has 1 heterocycles. The van der Waals surface area contributed by atoms with E-state index in [1.165, 1.54) is 0 Å². The fraction of sp³-hybridized carbons (Fsp3) is 0.588. The minimum Gasteiger partial charge on any atom is -0.381 e. The van der Waals surface area contributed by atoms with Gasteiger partial charge in [-0.2, -0.15) is 0 Å². The van der Waals surface area contributed by atoms with E-state index in [0.29, 0.717) is 19.8 Å². The van der Waals surface area contributed by atoms with E-state index in [9.17, 15) is 4.79 Å². The van der Waals surface area contributed by atoms with E-state index in [0.717, 1.165) is 24.9 Å². The van der Waals surface area contributed by atoms with Crippen LogP contribution in [0, 0.1) is 0 Å². The van der Waals surface area contributed by atoms with E-state index >= 15 is 0 Å². The molecule has 21 heavy (non-hydrogen) atoms. The van der Waals surface area contributed by atoms with E-state index in [2.05, 4.69) is 36.6 Å². The largest absolute Gasteiger partial charge is 0.381 e. The second-order valence-corrected chi connectivity index (χ2v) is 5.73. The first-order valence-corrected chi connectivity index (χ1v) is 7.84. The van der Waals surface area contributed by atoms with Crippen LogP contribution in [0.25, 0.3) is 0 Å². The van der Waals surface area contributed by atoms with Crippen LogP contribution in [0.1, 0.15) is 32.3 Å². The Morgan fingerprint density at radius 2 is 1.95 bits per heavy atom. The number of hydrogen-bond donors (Lipinski definition) is 2. The molecular weight excluding hydrogens is 264 g/mol. The van der Waals surface area contributed by atoms with Gasteiger partial charge in [0.2, 0.25) is 5.91 Å². The highest BCUT2D eigenvalue weighted by molar-refractivity contribution is 5.88. The van der Waals surface area contributed by atoms with Crippen molar-refractivity contribution in [2.45, 2.75) is 38.1 Å². The van der Waals surface area contributed by atoms with Crippen molar-refractivity contribution in [3.63, 3.8) is 0 Å². The molecule has 1 saturated heterocycles. The van der Waals surface area contributed by atoms with Gasteiger partial charge >= 0.3 is 0 Å². The van der Waals surface area contributed by atoms with Gasteiger partial charge in [0.15, 0.2) is 0 Å². The summed E-state index contributed by atoms with van der Waals surface area (Å²) in [5.41, 5.74) is 0.660. The highest BCUT2D eigenvalue weighted by atomic mass is 16.5. The van der Waals surface area contributed by atoms with Gasteiger partial charge in [-0.25, -0.2) is 0 Å². The van der Waals surface area contributed by atoms with Crippen LogP contribution >= 0.6 is 0 Å². The maximum Gasteiger partial charge on any atom is 0.230 e. The highest BCUT2D eigenvalue weighted by Crippen LogP contribution is 2.35. The summed E-state index contributed by atoms with van der Waals surface area (Å²) in [6.45, 7) is 7.01. The van der Waals surface area contributed by atoms with Gasteiger partial charge < -0.3 is 15.4 Å². The van der Waals surface area contributed by atoms with Crippen LogP contribution in [0.4, 0.5) is 0 Å². The SMILES string of the molecule is CCN[C@H](C)CNC(=O)C1(c2ccccc2)CCOCC1. The van der Waals surface area contributed by atoms with Gasteiger partial charge in [0.05, 0.1) is 5.41 Å². The van der Waals surface area contributed by atoms with E-state index in [4.69, 9.17) is 4.74 Å². The first kappa shape index (κ1) is 16.0. The van der Waals surface area contributed by atoms with Crippen LogP contribution in [0.5, 0.6) is 0 Å². The quantitative estimate of drug-likeness (QED) is 0.840. The van der Waals surface area contributed by atoms with Crippen molar-refractivity contribution in [1.29, 1.82) is 0 Å². The Hall–Kier alpha value is -1.39. The van der Waals surface area contributed by atoms with Crippen molar-refractivity contribution >= 4 is 5.91 Å². The zero-order valence-corrected chi connectivity index (χ0v) is 13.0. The van der Waals surface area contributed by atoms with E-state index in [-0.39, 0.29) is 11.9 Å². The fourth-order valence-electron chi connectivity index (χ4n) is 2.96. The van der Waals surface area contributed by atoms with Crippen LogP contribution in [-0.4, -0.2) is 38.3 Å². The number of ether oxygens (including phenoxy) is 1. The standard InChI is InChI=1S/C17H26N2O2/c1-3-18-14(2)13-19-16(20)17(9-11-21-12-10-17)15-7-5-4-6-8-15/h4-8,14,18H,3,9-13H2,1-2H3,(H,19,20)/t14-/m1/s1. The number of carbonyl (C=O) groups excluding carboxylic acids is 1. The number of rotatable bonds is 6. The first-order chi connectivity index (χ1) is 10.2. The Morgan fingerprint density at radius 3 is 2.57 bits per heavy atom. The number of nitrogens with one attached hydrogen (secondary N) is 2. The molecule has 1 fully saturated rings. The third-order valence-electron chi connectivity index (χ3n) is 4.23. The number of hydrogen-bond acceptors (Lipinski definition) is 3. The monoisotopic (exact) mass is 290 g/mol. The summed E-state index contributed by atoms with van der Waals surface area (Å²) in [6.07, 6.45) is 1.50. The molecule has 0 bridgehead atoms. The fourth-order valence-corrected chi connectivity index (χ4v) is 2.96. The molecular formula is C17H26N2O2. The summed E-state index contributed by atoms with van der Waals surface area (Å²) < 4.78 is 5.47. The number of amides is 1. The van der Waals surface area contributed by atoms with Crippen LogP contribution in [0.15, 0.2) is 30.3 Å². The smallest absolute Gasteiger partial charge is 0.230 e. The molecule has 0 saturated carbocycles. The predicted molar refractivity (Wildman–Crippen MR) is 84.3 cm³/mol. The van der Waals surface area contributed by atoms with E-state index in [1.807, 2.05) is 18.2 Å². The third-order valence-corrected chi connectivity index (χ3v) is 4.23. The number of carbonyl (C=O) groups is 1. The Balaban J connectivity index is 2.11. The Bertz CT molecular complexity index is 441. The first-order valence-electron chi connectivity index (χ1n) is 7.84. The maximum absolute atomic E-state index is 12.8. The van der Waals surface area contributed by atoms with Crippen LogP contribution in [0.3, 0.4) is 0 Å². The summed E-state index contributed by atoms with van der Waals surface area (Å²) in [6, 6.07) is 10.4. The molecule has 0 aliphatic carbocycles. The van der Waals surface area contributed by atoms with E-state index in [1.54, 1.807) is 0 Å². The number of benzene rings is 1.